The number of piperidine rings is 1. The molecule has 3 heterocycles. The second kappa shape index (κ2) is 10.6. The quantitative estimate of drug-likeness (QED) is 0.316. The van der Waals surface area contributed by atoms with Crippen LogP contribution in [0.25, 0.3) is 0 Å². The van der Waals surface area contributed by atoms with Crippen LogP contribution in [0.1, 0.15) is 39.9 Å². The molecule has 184 valence electrons. The maximum Gasteiger partial charge on any atom is 0.255 e. The lowest BCUT2D eigenvalue weighted by Gasteiger charge is -2.45. The first-order valence-corrected chi connectivity index (χ1v) is 12.6. The summed E-state index contributed by atoms with van der Waals surface area (Å²) in [5.41, 5.74) is 2.10. The number of rotatable bonds is 6. The van der Waals surface area contributed by atoms with E-state index in [0.717, 1.165) is 0 Å². The van der Waals surface area contributed by atoms with Gasteiger partial charge in [0.05, 0.1) is 35.5 Å². The molecule has 0 bridgehead atoms. The Hall–Kier alpha value is -2.84. The third kappa shape index (κ3) is 4.86. The molecule has 0 aromatic heterocycles. The first-order chi connectivity index (χ1) is 18.5. The van der Waals surface area contributed by atoms with Gasteiger partial charge in [-0.05, 0) is 29.5 Å². The molecule has 8 nitrogen and oxygen atoms in total. The summed E-state index contributed by atoms with van der Waals surface area (Å²) in [6.45, 7) is 1.91. The van der Waals surface area contributed by atoms with E-state index < -0.39 is 17.3 Å². The Morgan fingerprint density at radius 1 is 1.00 bits per heavy atom. The van der Waals surface area contributed by atoms with E-state index >= 15 is 0 Å². The highest BCUT2D eigenvalue weighted by atomic mass is 16.5. The van der Waals surface area contributed by atoms with Crippen molar-refractivity contribution >= 4 is 86.7 Å². The molecule has 2 saturated heterocycles. The molecule has 0 spiro atoms. The lowest BCUT2D eigenvalue weighted by molar-refractivity contribution is -0.136. The van der Waals surface area contributed by atoms with Gasteiger partial charge in [-0.1, -0.05) is 22.6 Å². The zero-order valence-electron chi connectivity index (χ0n) is 21.4. The number of nitrogens with one attached hydrogen (secondary N) is 1. The van der Waals surface area contributed by atoms with Gasteiger partial charge < -0.3 is 19.3 Å². The lowest BCUT2D eigenvalue weighted by Crippen LogP contribution is -2.60. The van der Waals surface area contributed by atoms with Crippen LogP contribution in [0.2, 0.25) is 0 Å². The van der Waals surface area contributed by atoms with Gasteiger partial charge in [0.25, 0.3) is 5.91 Å². The monoisotopic (exact) mass is 509 g/mol. The van der Waals surface area contributed by atoms with Gasteiger partial charge in [0.1, 0.15) is 49.8 Å². The molecule has 2 aromatic carbocycles. The maximum atomic E-state index is 13.1. The number of hydrogen-bond acceptors (Lipinski definition) is 6. The fourth-order valence-corrected chi connectivity index (χ4v) is 5.41. The molecule has 0 aliphatic carbocycles. The van der Waals surface area contributed by atoms with Crippen LogP contribution in [-0.4, -0.2) is 107 Å². The van der Waals surface area contributed by atoms with Crippen LogP contribution in [-0.2, 0) is 32.8 Å². The molecule has 1 N–H and O–H groups in total. The zero-order chi connectivity index (χ0) is 28.1. The van der Waals surface area contributed by atoms with Crippen molar-refractivity contribution in [1.82, 2.24) is 15.1 Å². The molecule has 39 heavy (non-hydrogen) atoms. The van der Waals surface area contributed by atoms with Crippen LogP contribution in [0.3, 0.4) is 0 Å². The summed E-state index contributed by atoms with van der Waals surface area (Å²) in [7, 11) is 38.6. The van der Waals surface area contributed by atoms with Gasteiger partial charge in [0.15, 0.2) is 0 Å². The van der Waals surface area contributed by atoms with Crippen molar-refractivity contribution in [3.8, 4) is 5.75 Å². The van der Waals surface area contributed by atoms with Crippen LogP contribution in [0.15, 0.2) is 18.2 Å². The van der Waals surface area contributed by atoms with E-state index in [-0.39, 0.29) is 65.2 Å². The Morgan fingerprint density at radius 3 is 2.31 bits per heavy atom. The van der Waals surface area contributed by atoms with Crippen molar-refractivity contribution in [2.75, 3.05) is 26.3 Å². The van der Waals surface area contributed by atoms with Crippen molar-refractivity contribution in [3.63, 3.8) is 0 Å². The van der Waals surface area contributed by atoms with Crippen LogP contribution < -0.4 is 31.9 Å². The van der Waals surface area contributed by atoms with Crippen LogP contribution >= 0.6 is 0 Å². The predicted octanol–water partition coefficient (Wildman–Crippen LogP) is -4.02. The summed E-state index contributed by atoms with van der Waals surface area (Å²) >= 11 is 0. The van der Waals surface area contributed by atoms with Crippen molar-refractivity contribution in [3.05, 3.63) is 40.5 Å². The van der Waals surface area contributed by atoms with Crippen molar-refractivity contribution in [2.45, 2.75) is 37.4 Å². The summed E-state index contributed by atoms with van der Waals surface area (Å²) in [5, 5.41) is 0.764. The number of carbonyl (C=O) groups excluding carboxylic acids is 3. The van der Waals surface area contributed by atoms with Crippen LogP contribution in [0.5, 0.6) is 5.75 Å². The maximum absolute atomic E-state index is 13.1. The van der Waals surface area contributed by atoms with E-state index in [2.05, 4.69) is 5.32 Å². The highest BCUT2D eigenvalue weighted by Crippen LogP contribution is 2.34. The van der Waals surface area contributed by atoms with E-state index in [9.17, 15) is 14.4 Å². The lowest BCUT2D eigenvalue weighted by atomic mass is 9.49. The summed E-state index contributed by atoms with van der Waals surface area (Å²) in [4.78, 5) is 40.3. The highest BCUT2D eigenvalue weighted by molar-refractivity contribution is 6.59. The van der Waals surface area contributed by atoms with Gasteiger partial charge in [-0.15, -0.1) is 10.9 Å². The number of hydrogen-bond donors (Lipinski definition) is 1. The average molecular weight is 508 g/mol. The fourth-order valence-electron chi connectivity index (χ4n) is 5.41. The van der Waals surface area contributed by atoms with Crippen LogP contribution in [0, 0.1) is 0 Å². The normalized spacial score (nSPS) is 20.2. The standard InChI is InChI=1S/C25H21B6N3O5/c26-19-14(20(27)22(29)18(21(19)28)25(30,31)33-6-8-38-9-7-33)11-39-16-3-1-2-12-13(16)10-34(24(12)37)15-4-5-17(35)32-23(15)36/h1-3,15H,4-11H2,(H,32,35,36). The Balaban J connectivity index is 1.40. The van der Waals surface area contributed by atoms with Gasteiger partial charge in [-0.3, -0.25) is 19.7 Å². The van der Waals surface area contributed by atoms with Gasteiger partial charge in [-0.2, -0.15) is 0 Å². The smallest absolute Gasteiger partial charge is 0.255 e. The van der Waals surface area contributed by atoms with E-state index in [4.69, 9.17) is 56.6 Å². The second-order valence-corrected chi connectivity index (χ2v) is 9.90. The molecule has 3 aliphatic heterocycles. The molecule has 2 aromatic rings. The molecule has 3 aliphatic rings. The summed E-state index contributed by atoms with van der Waals surface area (Å²) in [6.07, 6.45) is 0.419. The van der Waals surface area contributed by atoms with E-state index in [1.165, 1.54) is 4.90 Å². The number of nitrogens with zero attached hydrogens (tertiary/aromatic N) is 2. The molecule has 3 amide bonds. The Bertz CT molecular complexity index is 1340. The zero-order valence-corrected chi connectivity index (χ0v) is 21.4. The highest BCUT2D eigenvalue weighted by Gasteiger charge is 2.40. The van der Waals surface area contributed by atoms with Crippen LogP contribution in [0.4, 0.5) is 0 Å². The predicted molar refractivity (Wildman–Crippen MR) is 150 cm³/mol. The number of ether oxygens (including phenoxy) is 2. The Morgan fingerprint density at radius 2 is 1.67 bits per heavy atom. The molecular weight excluding hydrogens is 487 g/mol. The largest absolute Gasteiger partial charge is 0.489 e. The van der Waals surface area contributed by atoms with Crippen molar-refractivity contribution < 1.29 is 23.9 Å². The first-order valence-electron chi connectivity index (χ1n) is 12.6. The number of benzene rings is 2. The minimum atomic E-state index is -1.53. The van der Waals surface area contributed by atoms with Crippen molar-refractivity contribution in [1.29, 1.82) is 0 Å². The minimum Gasteiger partial charge on any atom is -0.489 e. The molecule has 1 unspecified atom stereocenters. The molecule has 2 fully saturated rings. The first kappa shape index (κ1) is 27.7. The summed E-state index contributed by atoms with van der Waals surface area (Å²) in [5.74, 6) is -0.742. The SMILES string of the molecule is [B]c1c([B])c(C([B])([B])N2CCOCC2)c([B])c([B])c1COc1cccc2c1CN(C1CCC(=O)NC1=O)C2=O. The molecular formula is C25H21B6N3O5. The van der Waals surface area contributed by atoms with E-state index in [1.54, 1.807) is 23.1 Å². The molecule has 5 rings (SSSR count). The topological polar surface area (TPSA) is 88.2 Å². The number of imide groups is 1. The fraction of sp³-hybridized carbons (Fsp3) is 0.400. The third-order valence-corrected chi connectivity index (χ3v) is 7.62. The number of fused-ring (bicyclic) bond motifs is 1. The molecule has 12 radical (unpaired) electrons. The van der Waals surface area contributed by atoms with Gasteiger partial charge in [0.2, 0.25) is 11.8 Å². The van der Waals surface area contributed by atoms with E-state index in [1.807, 2.05) is 0 Å². The minimum absolute atomic E-state index is 0.102. The van der Waals surface area contributed by atoms with Gasteiger partial charge >= 0.3 is 0 Å². The number of morpholine rings is 1. The van der Waals surface area contributed by atoms with Crippen molar-refractivity contribution in [2.24, 2.45) is 0 Å². The van der Waals surface area contributed by atoms with Gasteiger partial charge in [0, 0.05) is 30.6 Å². The summed E-state index contributed by atoms with van der Waals surface area (Å²) in [6, 6.07) is 4.31. The van der Waals surface area contributed by atoms with Gasteiger partial charge in [-0.25, -0.2) is 0 Å². The Labute approximate surface area is 235 Å². The van der Waals surface area contributed by atoms with E-state index in [0.29, 0.717) is 48.7 Å². The average Bonchev–Trinajstić information content (AvgIpc) is 3.24. The third-order valence-electron chi connectivity index (χ3n) is 7.62. The molecule has 0 saturated carbocycles. The number of amides is 3. The Kier molecular flexibility index (Phi) is 7.55. The molecule has 1 atom stereocenters. The summed E-state index contributed by atoms with van der Waals surface area (Å²) < 4.78 is 11.5. The molecule has 14 heteroatoms. The number of carbonyl (C=O) groups is 3. The second-order valence-electron chi connectivity index (χ2n) is 9.90.